The summed E-state index contributed by atoms with van der Waals surface area (Å²) in [7, 11) is 4.24. The van der Waals surface area contributed by atoms with Crippen molar-refractivity contribution in [1.82, 2.24) is 14.5 Å². The number of hydrogen-bond donors (Lipinski definition) is 0. The molecule has 1 aromatic carbocycles. The number of aryl methyl sites for hydroxylation is 1. The Bertz CT molecular complexity index is 460. The van der Waals surface area contributed by atoms with Crippen LogP contribution in [0.4, 0.5) is 0 Å². The summed E-state index contributed by atoms with van der Waals surface area (Å²) in [6.45, 7) is 2.05. The Morgan fingerprint density at radius 3 is 2.78 bits per heavy atom. The standard InChI is InChI=1S/C15H21N3/c1-17(2)9-4-7-14-5-3-6-15(11-14)12-18-10-8-16-13-18/h3,5-6,8,10-11,13H,4,7,9,12H2,1-2H3. The first kappa shape index (κ1) is 12.8. The van der Waals surface area contributed by atoms with Crippen molar-refractivity contribution in [3.05, 3.63) is 54.1 Å². The van der Waals surface area contributed by atoms with Crippen molar-refractivity contribution in [2.24, 2.45) is 0 Å². The Balaban J connectivity index is 1.92. The second-order valence-electron chi connectivity index (χ2n) is 4.96. The van der Waals surface area contributed by atoms with Gasteiger partial charge in [0.1, 0.15) is 0 Å². The number of imidazole rings is 1. The molecule has 1 heterocycles. The molecule has 0 unspecified atom stereocenters. The lowest BCUT2D eigenvalue weighted by Gasteiger charge is -2.10. The van der Waals surface area contributed by atoms with Crippen LogP contribution in [-0.2, 0) is 13.0 Å². The molecule has 2 aromatic rings. The van der Waals surface area contributed by atoms with Crippen molar-refractivity contribution in [2.75, 3.05) is 20.6 Å². The molecule has 0 aliphatic carbocycles. The maximum Gasteiger partial charge on any atom is 0.0949 e. The molecule has 96 valence electrons. The predicted octanol–water partition coefficient (Wildman–Crippen LogP) is 2.43. The molecule has 18 heavy (non-hydrogen) atoms. The van der Waals surface area contributed by atoms with Crippen molar-refractivity contribution in [3.8, 4) is 0 Å². The van der Waals surface area contributed by atoms with Crippen LogP contribution < -0.4 is 0 Å². The van der Waals surface area contributed by atoms with Gasteiger partial charge in [-0.15, -0.1) is 0 Å². The first-order chi connectivity index (χ1) is 8.74. The third-order valence-corrected chi connectivity index (χ3v) is 2.99. The molecule has 0 N–H and O–H groups in total. The summed E-state index contributed by atoms with van der Waals surface area (Å²) in [6, 6.07) is 8.84. The molecule has 2 rings (SSSR count). The van der Waals surface area contributed by atoms with Crippen LogP contribution in [0.3, 0.4) is 0 Å². The van der Waals surface area contributed by atoms with E-state index in [9.17, 15) is 0 Å². The van der Waals surface area contributed by atoms with E-state index in [4.69, 9.17) is 0 Å². The van der Waals surface area contributed by atoms with Crippen molar-refractivity contribution in [1.29, 1.82) is 0 Å². The van der Waals surface area contributed by atoms with Gasteiger partial charge >= 0.3 is 0 Å². The zero-order chi connectivity index (χ0) is 12.8. The van der Waals surface area contributed by atoms with E-state index >= 15 is 0 Å². The molecule has 0 radical (unpaired) electrons. The highest BCUT2D eigenvalue weighted by Gasteiger charge is 1.98. The average molecular weight is 243 g/mol. The van der Waals surface area contributed by atoms with Crippen LogP contribution in [0.15, 0.2) is 43.0 Å². The topological polar surface area (TPSA) is 21.1 Å². The van der Waals surface area contributed by atoms with E-state index in [0.717, 1.165) is 19.5 Å². The zero-order valence-corrected chi connectivity index (χ0v) is 11.2. The van der Waals surface area contributed by atoms with Crippen LogP contribution in [0.5, 0.6) is 0 Å². The molecule has 0 saturated heterocycles. The normalized spacial score (nSPS) is 11.1. The van der Waals surface area contributed by atoms with Gasteiger partial charge in [-0.05, 0) is 44.6 Å². The summed E-state index contributed by atoms with van der Waals surface area (Å²) in [5.74, 6) is 0. The van der Waals surface area contributed by atoms with Gasteiger partial charge in [0.25, 0.3) is 0 Å². The molecule has 0 spiro atoms. The number of nitrogens with zero attached hydrogens (tertiary/aromatic N) is 3. The van der Waals surface area contributed by atoms with Crippen LogP contribution in [-0.4, -0.2) is 35.1 Å². The highest BCUT2D eigenvalue weighted by molar-refractivity contribution is 5.23. The minimum absolute atomic E-state index is 0.904. The third-order valence-electron chi connectivity index (χ3n) is 2.99. The van der Waals surface area contributed by atoms with Crippen molar-refractivity contribution >= 4 is 0 Å². The number of rotatable bonds is 6. The van der Waals surface area contributed by atoms with Gasteiger partial charge in [-0.1, -0.05) is 24.3 Å². The fourth-order valence-corrected chi connectivity index (χ4v) is 2.07. The van der Waals surface area contributed by atoms with Crippen LogP contribution in [0, 0.1) is 0 Å². The lowest BCUT2D eigenvalue weighted by Crippen LogP contribution is -2.13. The summed E-state index contributed by atoms with van der Waals surface area (Å²) in [4.78, 5) is 6.30. The van der Waals surface area contributed by atoms with E-state index < -0.39 is 0 Å². The Morgan fingerprint density at radius 1 is 1.22 bits per heavy atom. The second-order valence-corrected chi connectivity index (χ2v) is 4.96. The quantitative estimate of drug-likeness (QED) is 0.777. The molecule has 0 saturated carbocycles. The van der Waals surface area contributed by atoms with Gasteiger partial charge in [-0.2, -0.15) is 0 Å². The van der Waals surface area contributed by atoms with Crippen LogP contribution in [0.2, 0.25) is 0 Å². The van der Waals surface area contributed by atoms with Crippen LogP contribution in [0.25, 0.3) is 0 Å². The maximum absolute atomic E-state index is 4.07. The highest BCUT2D eigenvalue weighted by Crippen LogP contribution is 2.09. The van der Waals surface area contributed by atoms with Crippen LogP contribution in [0.1, 0.15) is 17.5 Å². The summed E-state index contributed by atoms with van der Waals surface area (Å²) >= 11 is 0. The molecule has 0 aliphatic rings. The largest absolute Gasteiger partial charge is 0.333 e. The molecule has 0 bridgehead atoms. The zero-order valence-electron chi connectivity index (χ0n) is 11.2. The fraction of sp³-hybridized carbons (Fsp3) is 0.400. The molecular formula is C15H21N3. The van der Waals surface area contributed by atoms with Gasteiger partial charge in [0.15, 0.2) is 0 Å². The first-order valence-electron chi connectivity index (χ1n) is 6.42. The molecule has 1 aromatic heterocycles. The monoisotopic (exact) mass is 243 g/mol. The lowest BCUT2D eigenvalue weighted by molar-refractivity contribution is 0.400. The van der Waals surface area contributed by atoms with E-state index in [0.29, 0.717) is 0 Å². The fourth-order valence-electron chi connectivity index (χ4n) is 2.07. The minimum atomic E-state index is 0.904. The SMILES string of the molecule is CN(C)CCCc1cccc(Cn2ccnc2)c1. The number of hydrogen-bond acceptors (Lipinski definition) is 2. The van der Waals surface area contributed by atoms with E-state index in [1.165, 1.54) is 17.5 Å². The van der Waals surface area contributed by atoms with E-state index in [1.807, 2.05) is 18.7 Å². The molecule has 0 fully saturated rings. The summed E-state index contributed by atoms with van der Waals surface area (Å²) in [5.41, 5.74) is 2.77. The van der Waals surface area contributed by atoms with E-state index in [-0.39, 0.29) is 0 Å². The maximum atomic E-state index is 4.07. The molecule has 0 amide bonds. The van der Waals surface area contributed by atoms with Gasteiger partial charge in [0, 0.05) is 18.9 Å². The Morgan fingerprint density at radius 2 is 2.06 bits per heavy atom. The molecule has 3 heteroatoms. The molecule has 3 nitrogen and oxygen atoms in total. The van der Waals surface area contributed by atoms with Gasteiger partial charge in [0.2, 0.25) is 0 Å². The third kappa shape index (κ3) is 4.00. The van der Waals surface area contributed by atoms with Crippen molar-refractivity contribution in [3.63, 3.8) is 0 Å². The smallest absolute Gasteiger partial charge is 0.0949 e. The molecular weight excluding hydrogens is 222 g/mol. The Kier molecular flexibility index (Phi) is 4.53. The predicted molar refractivity (Wildman–Crippen MR) is 74.6 cm³/mol. The lowest BCUT2D eigenvalue weighted by atomic mass is 10.1. The number of benzene rings is 1. The average Bonchev–Trinajstić information content (AvgIpc) is 2.82. The highest BCUT2D eigenvalue weighted by atomic mass is 15.0. The van der Waals surface area contributed by atoms with Crippen molar-refractivity contribution < 1.29 is 0 Å². The van der Waals surface area contributed by atoms with E-state index in [2.05, 4.69) is 52.8 Å². The summed E-state index contributed by atoms with van der Waals surface area (Å²) in [5, 5.41) is 0. The van der Waals surface area contributed by atoms with Gasteiger partial charge in [0.05, 0.1) is 6.33 Å². The Hall–Kier alpha value is -1.61. The number of aromatic nitrogens is 2. The van der Waals surface area contributed by atoms with E-state index in [1.54, 1.807) is 0 Å². The first-order valence-corrected chi connectivity index (χ1v) is 6.42. The molecule has 0 atom stereocenters. The van der Waals surface area contributed by atoms with Gasteiger partial charge < -0.3 is 9.47 Å². The summed E-state index contributed by atoms with van der Waals surface area (Å²) < 4.78 is 2.10. The Labute approximate surface area is 109 Å². The van der Waals surface area contributed by atoms with Crippen LogP contribution >= 0.6 is 0 Å². The van der Waals surface area contributed by atoms with Crippen molar-refractivity contribution in [2.45, 2.75) is 19.4 Å². The molecule has 0 aliphatic heterocycles. The second kappa shape index (κ2) is 6.36. The van der Waals surface area contributed by atoms with Gasteiger partial charge in [-0.25, -0.2) is 4.98 Å². The summed E-state index contributed by atoms with van der Waals surface area (Å²) in [6.07, 6.45) is 8.04. The van der Waals surface area contributed by atoms with Gasteiger partial charge in [-0.3, -0.25) is 0 Å². The minimum Gasteiger partial charge on any atom is -0.333 e.